The van der Waals surface area contributed by atoms with E-state index in [1.807, 2.05) is 0 Å². The Kier molecular flexibility index (Phi) is 3.79. The maximum Gasteiger partial charge on any atom is 0.214 e. The summed E-state index contributed by atoms with van der Waals surface area (Å²) in [6.07, 6.45) is 2.33. The highest BCUT2D eigenvalue weighted by Gasteiger charge is 2.24. The van der Waals surface area contributed by atoms with Crippen LogP contribution in [0.1, 0.15) is 18.4 Å². The zero-order chi connectivity index (χ0) is 12.3. The van der Waals surface area contributed by atoms with E-state index in [0.29, 0.717) is 19.5 Å². The first-order chi connectivity index (χ1) is 8.08. The second-order valence-corrected chi connectivity index (χ2v) is 6.39. The molecular weight excluding hydrogens is 241 g/mol. The number of hydrogen-bond donors (Lipinski definition) is 0. The van der Waals surface area contributed by atoms with Crippen LogP contribution in [0.2, 0.25) is 0 Å². The molecule has 0 radical (unpaired) electrons. The van der Waals surface area contributed by atoms with Crippen LogP contribution in [-0.4, -0.2) is 31.6 Å². The minimum absolute atomic E-state index is 0.260. The SMILES string of the molecule is O=S1(=O)CCCCN1CCc1ccc(F)cc1. The van der Waals surface area contributed by atoms with Gasteiger partial charge in [0.05, 0.1) is 5.75 Å². The molecule has 0 spiro atoms. The molecule has 1 fully saturated rings. The third-order valence-electron chi connectivity index (χ3n) is 3.02. The van der Waals surface area contributed by atoms with Gasteiger partial charge >= 0.3 is 0 Å². The third-order valence-corrected chi connectivity index (χ3v) is 4.97. The summed E-state index contributed by atoms with van der Waals surface area (Å²) < 4.78 is 37.7. The molecule has 1 heterocycles. The van der Waals surface area contributed by atoms with Crippen LogP contribution in [0.4, 0.5) is 4.39 Å². The number of nitrogens with zero attached hydrogens (tertiary/aromatic N) is 1. The quantitative estimate of drug-likeness (QED) is 0.828. The highest BCUT2D eigenvalue weighted by Crippen LogP contribution is 2.14. The van der Waals surface area contributed by atoms with Crippen LogP contribution in [0.3, 0.4) is 0 Å². The van der Waals surface area contributed by atoms with E-state index in [4.69, 9.17) is 0 Å². The van der Waals surface area contributed by atoms with Gasteiger partial charge in [0.1, 0.15) is 5.82 Å². The predicted octanol–water partition coefficient (Wildman–Crippen LogP) is 1.79. The van der Waals surface area contributed by atoms with E-state index in [1.165, 1.54) is 12.1 Å². The van der Waals surface area contributed by atoms with Crippen molar-refractivity contribution in [1.82, 2.24) is 4.31 Å². The zero-order valence-corrected chi connectivity index (χ0v) is 10.4. The van der Waals surface area contributed by atoms with Gasteiger partial charge < -0.3 is 0 Å². The fraction of sp³-hybridized carbons (Fsp3) is 0.500. The van der Waals surface area contributed by atoms with E-state index < -0.39 is 10.0 Å². The molecule has 0 aromatic heterocycles. The molecule has 0 bridgehead atoms. The maximum absolute atomic E-state index is 12.7. The van der Waals surface area contributed by atoms with Crippen molar-refractivity contribution >= 4 is 10.0 Å². The molecule has 0 aliphatic carbocycles. The summed E-state index contributed by atoms with van der Waals surface area (Å²) in [5, 5.41) is 0. The number of rotatable bonds is 3. The summed E-state index contributed by atoms with van der Waals surface area (Å²) in [4.78, 5) is 0. The van der Waals surface area contributed by atoms with Gasteiger partial charge in [-0.05, 0) is 37.0 Å². The van der Waals surface area contributed by atoms with Crippen LogP contribution in [0.25, 0.3) is 0 Å². The fourth-order valence-electron chi connectivity index (χ4n) is 2.00. The van der Waals surface area contributed by atoms with Gasteiger partial charge in [-0.1, -0.05) is 12.1 Å². The Balaban J connectivity index is 1.95. The molecule has 2 rings (SSSR count). The van der Waals surface area contributed by atoms with Gasteiger partial charge in [-0.25, -0.2) is 17.1 Å². The van der Waals surface area contributed by atoms with Crippen molar-refractivity contribution < 1.29 is 12.8 Å². The van der Waals surface area contributed by atoms with Crippen LogP contribution in [0.5, 0.6) is 0 Å². The first-order valence-corrected chi connectivity index (χ1v) is 7.41. The molecule has 94 valence electrons. The molecule has 1 aromatic rings. The van der Waals surface area contributed by atoms with Crippen molar-refractivity contribution in [1.29, 1.82) is 0 Å². The Labute approximate surface area is 101 Å². The van der Waals surface area contributed by atoms with Gasteiger partial charge in [0, 0.05) is 13.1 Å². The van der Waals surface area contributed by atoms with E-state index in [0.717, 1.165) is 18.4 Å². The van der Waals surface area contributed by atoms with E-state index in [-0.39, 0.29) is 11.6 Å². The Morgan fingerprint density at radius 2 is 1.88 bits per heavy atom. The molecule has 1 aromatic carbocycles. The lowest BCUT2D eigenvalue weighted by atomic mass is 10.1. The van der Waals surface area contributed by atoms with Gasteiger partial charge in [-0.3, -0.25) is 0 Å². The van der Waals surface area contributed by atoms with Crippen LogP contribution in [0.15, 0.2) is 24.3 Å². The smallest absolute Gasteiger partial charge is 0.212 e. The van der Waals surface area contributed by atoms with Crippen LogP contribution in [0, 0.1) is 5.82 Å². The van der Waals surface area contributed by atoms with E-state index in [1.54, 1.807) is 16.4 Å². The highest BCUT2D eigenvalue weighted by atomic mass is 32.2. The Bertz CT molecular complexity index is 470. The predicted molar refractivity (Wildman–Crippen MR) is 64.7 cm³/mol. The molecule has 0 atom stereocenters. The maximum atomic E-state index is 12.7. The summed E-state index contributed by atoms with van der Waals surface area (Å²) in [5.41, 5.74) is 0.965. The summed E-state index contributed by atoms with van der Waals surface area (Å²) in [7, 11) is -3.04. The molecular formula is C12H16FNO2S. The van der Waals surface area contributed by atoms with Gasteiger partial charge in [-0.2, -0.15) is 0 Å². The van der Waals surface area contributed by atoms with Crippen molar-refractivity contribution in [3.63, 3.8) is 0 Å². The van der Waals surface area contributed by atoms with Crippen molar-refractivity contribution in [3.8, 4) is 0 Å². The van der Waals surface area contributed by atoms with Crippen LogP contribution >= 0.6 is 0 Å². The summed E-state index contributed by atoms with van der Waals surface area (Å²) in [6.45, 7) is 1.11. The normalized spacial score (nSPS) is 20.3. The lowest BCUT2D eigenvalue weighted by Gasteiger charge is -2.26. The monoisotopic (exact) mass is 257 g/mol. The standard InChI is InChI=1S/C12H16FNO2S/c13-12-5-3-11(4-6-12)7-9-14-8-1-2-10-17(14,15)16/h3-6H,1-2,7-10H2. The van der Waals surface area contributed by atoms with Crippen molar-refractivity contribution in [2.45, 2.75) is 19.3 Å². The van der Waals surface area contributed by atoms with Gasteiger partial charge in [0.25, 0.3) is 0 Å². The molecule has 0 amide bonds. The molecule has 3 nitrogen and oxygen atoms in total. The molecule has 0 unspecified atom stereocenters. The molecule has 5 heteroatoms. The molecule has 17 heavy (non-hydrogen) atoms. The first kappa shape index (κ1) is 12.5. The molecule has 0 N–H and O–H groups in total. The second kappa shape index (κ2) is 5.14. The van der Waals surface area contributed by atoms with E-state index >= 15 is 0 Å². The highest BCUT2D eigenvalue weighted by molar-refractivity contribution is 7.89. The lowest BCUT2D eigenvalue weighted by molar-refractivity contribution is 0.386. The zero-order valence-electron chi connectivity index (χ0n) is 9.60. The second-order valence-electron chi connectivity index (χ2n) is 4.30. The van der Waals surface area contributed by atoms with E-state index in [2.05, 4.69) is 0 Å². The fourth-order valence-corrected chi connectivity index (χ4v) is 3.60. The van der Waals surface area contributed by atoms with Crippen LogP contribution < -0.4 is 0 Å². The number of sulfonamides is 1. The van der Waals surface area contributed by atoms with Gasteiger partial charge in [-0.15, -0.1) is 0 Å². The Morgan fingerprint density at radius 1 is 1.18 bits per heavy atom. The number of hydrogen-bond acceptors (Lipinski definition) is 2. The van der Waals surface area contributed by atoms with E-state index in [9.17, 15) is 12.8 Å². The molecule has 1 aliphatic rings. The average molecular weight is 257 g/mol. The minimum Gasteiger partial charge on any atom is -0.212 e. The lowest BCUT2D eigenvalue weighted by Crippen LogP contribution is -2.39. The topological polar surface area (TPSA) is 37.4 Å². The van der Waals surface area contributed by atoms with Gasteiger partial charge in [0.15, 0.2) is 0 Å². The number of halogens is 1. The third kappa shape index (κ3) is 3.26. The average Bonchev–Trinajstić information content (AvgIpc) is 2.29. The molecule has 0 saturated carbocycles. The van der Waals surface area contributed by atoms with Crippen molar-refractivity contribution in [3.05, 3.63) is 35.6 Å². The Hall–Kier alpha value is -0.940. The van der Waals surface area contributed by atoms with Crippen molar-refractivity contribution in [2.75, 3.05) is 18.8 Å². The first-order valence-electron chi connectivity index (χ1n) is 5.80. The minimum atomic E-state index is -3.04. The van der Waals surface area contributed by atoms with Gasteiger partial charge in [0.2, 0.25) is 10.0 Å². The molecule has 1 saturated heterocycles. The molecule has 1 aliphatic heterocycles. The Morgan fingerprint density at radius 3 is 2.53 bits per heavy atom. The summed E-state index contributed by atoms with van der Waals surface area (Å²) >= 11 is 0. The largest absolute Gasteiger partial charge is 0.214 e. The number of benzene rings is 1. The van der Waals surface area contributed by atoms with Crippen molar-refractivity contribution in [2.24, 2.45) is 0 Å². The van der Waals surface area contributed by atoms with Crippen LogP contribution in [-0.2, 0) is 16.4 Å². The summed E-state index contributed by atoms with van der Waals surface area (Å²) in [6, 6.07) is 6.21. The summed E-state index contributed by atoms with van der Waals surface area (Å²) in [5.74, 6) is -0.00416.